The van der Waals surface area contributed by atoms with Crippen LogP contribution in [-0.4, -0.2) is 39.4 Å². The number of hydrogen-bond donors (Lipinski definition) is 2. The molecule has 1 atom stereocenters. The molecule has 0 saturated heterocycles. The van der Waals surface area contributed by atoms with Crippen molar-refractivity contribution in [1.29, 1.82) is 0 Å². The lowest BCUT2D eigenvalue weighted by Crippen LogP contribution is -2.44. The molecule has 0 aromatic heterocycles. The number of aliphatic hydroxyl groups is 1. The molecule has 1 unspecified atom stereocenters. The molecule has 0 bridgehead atoms. The van der Waals surface area contributed by atoms with Crippen molar-refractivity contribution in [3.8, 4) is 0 Å². The van der Waals surface area contributed by atoms with Gasteiger partial charge < -0.3 is 9.84 Å². The molecule has 0 spiro atoms. The van der Waals surface area contributed by atoms with Gasteiger partial charge in [-0.2, -0.15) is 0 Å². The second kappa shape index (κ2) is 6.67. The van der Waals surface area contributed by atoms with Gasteiger partial charge in [0.1, 0.15) is 0 Å². The van der Waals surface area contributed by atoms with E-state index in [2.05, 4.69) is 4.72 Å². The van der Waals surface area contributed by atoms with Crippen LogP contribution in [0.1, 0.15) is 12.5 Å². The lowest BCUT2D eigenvalue weighted by atomic mass is 10.1. The number of rotatable bonds is 7. The van der Waals surface area contributed by atoms with E-state index in [9.17, 15) is 13.5 Å². The van der Waals surface area contributed by atoms with Crippen LogP contribution in [0.15, 0.2) is 24.3 Å². The van der Waals surface area contributed by atoms with Gasteiger partial charge in [-0.15, -0.1) is 0 Å². The van der Waals surface area contributed by atoms with Crippen LogP contribution in [0.3, 0.4) is 0 Å². The molecule has 2 N–H and O–H groups in total. The maximum atomic E-state index is 11.8. The number of hydrogen-bond acceptors (Lipinski definition) is 4. The van der Waals surface area contributed by atoms with Gasteiger partial charge in [0.2, 0.25) is 10.0 Å². The molecule has 0 heterocycles. The van der Waals surface area contributed by atoms with Crippen LogP contribution in [-0.2, 0) is 20.5 Å². The highest BCUT2D eigenvalue weighted by molar-refractivity contribution is 7.88. The highest BCUT2D eigenvalue weighted by Gasteiger charge is 2.23. The van der Waals surface area contributed by atoms with Crippen LogP contribution in [0.4, 0.5) is 0 Å². The predicted octanol–water partition coefficient (Wildman–Crippen LogP) is 1.16. The fraction of sp³-hybridized carbons (Fsp3) is 0.500. The smallest absolute Gasteiger partial charge is 0.215 e. The Bertz CT molecular complexity index is 499. The minimum absolute atomic E-state index is 0.0520. The predicted molar refractivity (Wildman–Crippen MR) is 74.6 cm³/mol. The molecule has 0 aliphatic heterocycles. The van der Waals surface area contributed by atoms with Crippen LogP contribution < -0.4 is 4.72 Å². The van der Waals surface area contributed by atoms with Crippen molar-refractivity contribution < 1.29 is 18.3 Å². The van der Waals surface area contributed by atoms with E-state index in [1.54, 1.807) is 24.3 Å². The summed E-state index contributed by atoms with van der Waals surface area (Å²) in [7, 11) is -2.07. The standard InChI is InChI=1S/C12H18ClNO4S/c1-12(15,9-18-2)8-14-19(16,17)7-10-3-5-11(13)6-4-10/h3-6,14-15H,7-9H2,1-2H3. The van der Waals surface area contributed by atoms with Crippen molar-refractivity contribution in [2.24, 2.45) is 0 Å². The second-order valence-electron chi connectivity index (χ2n) is 4.64. The van der Waals surface area contributed by atoms with Gasteiger partial charge in [0.25, 0.3) is 0 Å². The van der Waals surface area contributed by atoms with Crippen molar-refractivity contribution in [1.82, 2.24) is 4.72 Å². The van der Waals surface area contributed by atoms with E-state index < -0.39 is 15.6 Å². The summed E-state index contributed by atoms with van der Waals surface area (Å²) < 4.78 is 30.8. The SMILES string of the molecule is COCC(C)(O)CNS(=O)(=O)Cc1ccc(Cl)cc1. The van der Waals surface area contributed by atoms with Gasteiger partial charge in [-0.05, 0) is 24.6 Å². The summed E-state index contributed by atoms with van der Waals surface area (Å²) in [6.07, 6.45) is 0. The van der Waals surface area contributed by atoms with E-state index >= 15 is 0 Å². The number of halogens is 1. The molecule has 108 valence electrons. The minimum Gasteiger partial charge on any atom is -0.386 e. The minimum atomic E-state index is -3.51. The van der Waals surface area contributed by atoms with Gasteiger partial charge in [0, 0.05) is 18.7 Å². The average Bonchev–Trinajstić information content (AvgIpc) is 2.30. The molecule has 5 nitrogen and oxygen atoms in total. The summed E-state index contributed by atoms with van der Waals surface area (Å²) in [5.41, 5.74) is -0.606. The Morgan fingerprint density at radius 1 is 1.37 bits per heavy atom. The van der Waals surface area contributed by atoms with E-state index in [1.165, 1.54) is 14.0 Å². The van der Waals surface area contributed by atoms with E-state index in [-0.39, 0.29) is 18.9 Å². The summed E-state index contributed by atoms with van der Waals surface area (Å²) in [6, 6.07) is 6.56. The zero-order chi connectivity index (χ0) is 14.5. The monoisotopic (exact) mass is 307 g/mol. The molecule has 0 aliphatic carbocycles. The van der Waals surface area contributed by atoms with Crippen LogP contribution >= 0.6 is 11.6 Å². The Labute approximate surface area is 118 Å². The van der Waals surface area contributed by atoms with Crippen molar-refractivity contribution in [2.75, 3.05) is 20.3 Å². The van der Waals surface area contributed by atoms with Crippen molar-refractivity contribution in [3.63, 3.8) is 0 Å². The number of nitrogens with one attached hydrogen (secondary N) is 1. The Morgan fingerprint density at radius 3 is 2.47 bits per heavy atom. The maximum Gasteiger partial charge on any atom is 0.215 e. The molecule has 1 aromatic carbocycles. The van der Waals surface area contributed by atoms with Gasteiger partial charge in [-0.25, -0.2) is 13.1 Å². The lowest BCUT2D eigenvalue weighted by molar-refractivity contribution is -0.0120. The molecule has 7 heteroatoms. The molecule has 0 saturated carbocycles. The molecular formula is C12H18ClNO4S. The summed E-state index contributed by atoms with van der Waals surface area (Å²) in [4.78, 5) is 0. The van der Waals surface area contributed by atoms with Gasteiger partial charge in [-0.1, -0.05) is 23.7 Å². The number of sulfonamides is 1. The molecule has 1 rings (SSSR count). The first-order valence-corrected chi connectivity index (χ1v) is 7.70. The second-order valence-corrected chi connectivity index (χ2v) is 6.88. The summed E-state index contributed by atoms with van der Waals surface area (Å²) in [6.45, 7) is 1.45. The molecule has 0 radical (unpaired) electrons. The van der Waals surface area contributed by atoms with Crippen LogP contribution in [0, 0.1) is 0 Å². The van der Waals surface area contributed by atoms with E-state index in [4.69, 9.17) is 16.3 Å². The Morgan fingerprint density at radius 2 is 1.95 bits per heavy atom. The largest absolute Gasteiger partial charge is 0.386 e. The Balaban J connectivity index is 2.59. The third kappa shape index (κ3) is 6.35. The highest BCUT2D eigenvalue weighted by Crippen LogP contribution is 2.12. The van der Waals surface area contributed by atoms with E-state index in [1.807, 2.05) is 0 Å². The van der Waals surface area contributed by atoms with E-state index in [0.29, 0.717) is 10.6 Å². The third-order valence-electron chi connectivity index (χ3n) is 2.40. The van der Waals surface area contributed by atoms with Crippen LogP contribution in [0.25, 0.3) is 0 Å². The first-order chi connectivity index (χ1) is 8.74. The number of methoxy groups -OCH3 is 1. The third-order valence-corrected chi connectivity index (χ3v) is 3.95. The maximum absolute atomic E-state index is 11.8. The lowest BCUT2D eigenvalue weighted by Gasteiger charge is -2.22. The zero-order valence-electron chi connectivity index (χ0n) is 10.9. The summed E-state index contributed by atoms with van der Waals surface area (Å²) in [5, 5.41) is 10.4. The average molecular weight is 308 g/mol. The summed E-state index contributed by atoms with van der Waals surface area (Å²) >= 11 is 5.73. The normalized spacial score (nSPS) is 15.2. The number of ether oxygens (including phenoxy) is 1. The number of benzene rings is 1. The van der Waals surface area contributed by atoms with Gasteiger partial charge in [-0.3, -0.25) is 0 Å². The zero-order valence-corrected chi connectivity index (χ0v) is 12.5. The topological polar surface area (TPSA) is 75.6 Å². The van der Waals surface area contributed by atoms with E-state index in [0.717, 1.165) is 0 Å². The fourth-order valence-corrected chi connectivity index (χ4v) is 2.87. The quantitative estimate of drug-likeness (QED) is 0.792. The molecular weight excluding hydrogens is 290 g/mol. The molecule has 19 heavy (non-hydrogen) atoms. The fourth-order valence-electron chi connectivity index (χ4n) is 1.48. The first-order valence-electron chi connectivity index (χ1n) is 5.67. The van der Waals surface area contributed by atoms with Crippen molar-refractivity contribution in [3.05, 3.63) is 34.9 Å². The van der Waals surface area contributed by atoms with Gasteiger partial charge in [0.05, 0.1) is 18.0 Å². The molecule has 1 aromatic rings. The molecule has 0 aliphatic rings. The molecule has 0 fully saturated rings. The van der Waals surface area contributed by atoms with Crippen molar-refractivity contribution >= 4 is 21.6 Å². The van der Waals surface area contributed by atoms with Gasteiger partial charge in [0.15, 0.2) is 0 Å². The first kappa shape index (κ1) is 16.4. The van der Waals surface area contributed by atoms with Gasteiger partial charge >= 0.3 is 0 Å². The van der Waals surface area contributed by atoms with Crippen LogP contribution in [0.5, 0.6) is 0 Å². The van der Waals surface area contributed by atoms with Crippen molar-refractivity contribution in [2.45, 2.75) is 18.3 Å². The Kier molecular flexibility index (Phi) is 5.76. The van der Waals surface area contributed by atoms with Crippen LogP contribution in [0.2, 0.25) is 5.02 Å². The summed E-state index contributed by atoms with van der Waals surface area (Å²) in [5.74, 6) is -0.159. The Hall–Kier alpha value is -0.660. The highest BCUT2D eigenvalue weighted by atomic mass is 35.5. The molecule has 0 amide bonds.